The third kappa shape index (κ3) is 42.3. The summed E-state index contributed by atoms with van der Waals surface area (Å²) in [4.78, 5) is 168. The Bertz CT molecular complexity index is 2440. The van der Waals surface area contributed by atoms with Crippen molar-refractivity contribution in [1.82, 2.24) is 52.8 Å². The Morgan fingerprint density at radius 1 is 0.463 bits per heavy atom. The van der Waals surface area contributed by atoms with Crippen LogP contribution < -0.4 is 53.6 Å². The number of amides is 9. The highest BCUT2D eigenvalue weighted by atomic mass is 16.5. The van der Waals surface area contributed by atoms with E-state index in [0.717, 1.165) is 56.3 Å². The fourth-order valence-electron chi connectivity index (χ4n) is 9.66. The number of hydrogen-bond donors (Lipinski definition) is 17. The molecule has 1 aliphatic rings. The van der Waals surface area contributed by atoms with Gasteiger partial charge in [-0.3, -0.25) is 72.2 Å². The predicted molar refractivity (Wildman–Crippen MR) is 342 cm³/mol. The third-order valence-electron chi connectivity index (χ3n) is 15.0. The molecule has 34 nitrogen and oxygen atoms in total. The summed E-state index contributed by atoms with van der Waals surface area (Å²) in [5.41, 5.74) is 6.15. The topological polar surface area (TPSA) is 532 Å². The minimum absolute atomic E-state index is 0.00365. The number of likely N-dealkylation sites (N-methyl/N-ethyl adjacent to an activating group) is 1. The Hall–Kier alpha value is -7.76. The number of aliphatic carboxylic acids is 4. The van der Waals surface area contributed by atoms with Crippen molar-refractivity contribution in [2.45, 2.75) is 203 Å². The highest BCUT2D eigenvalue weighted by Gasteiger charge is 2.34. The number of nitrogens with two attached hydrogens (primary N) is 1. The Kier molecular flexibility index (Phi) is 47.1. The molecule has 1 rings (SSSR count). The maximum absolute atomic E-state index is 13.9. The lowest BCUT2D eigenvalue weighted by Crippen LogP contribution is -2.61. The Labute approximate surface area is 553 Å². The van der Waals surface area contributed by atoms with Crippen LogP contribution in [0.3, 0.4) is 0 Å². The number of primary amides is 1. The molecule has 0 fully saturated rings. The van der Waals surface area contributed by atoms with E-state index in [9.17, 15) is 93.0 Å². The molecular weight excluding hydrogens is 1250 g/mol. The van der Waals surface area contributed by atoms with Crippen LogP contribution in [-0.2, 0) is 71.8 Å². The van der Waals surface area contributed by atoms with Crippen LogP contribution in [0, 0.1) is 0 Å². The number of carbonyl (C=O) groups is 13. The van der Waals surface area contributed by atoms with E-state index >= 15 is 0 Å². The normalized spacial score (nSPS) is 14.0. The summed E-state index contributed by atoms with van der Waals surface area (Å²) in [5, 5.41) is 89.1. The van der Waals surface area contributed by atoms with Gasteiger partial charge in [-0.2, -0.15) is 0 Å². The van der Waals surface area contributed by atoms with E-state index < -0.39 is 159 Å². The number of carboxylic acid groups (broad SMARTS) is 4. The van der Waals surface area contributed by atoms with Crippen LogP contribution in [-0.4, -0.2) is 252 Å². The summed E-state index contributed by atoms with van der Waals surface area (Å²) in [7, 11) is 1.48. The lowest BCUT2D eigenvalue weighted by atomic mass is 10.0. The number of nitrogens with one attached hydrogen (secondary N) is 9. The maximum atomic E-state index is 13.9. The highest BCUT2D eigenvalue weighted by Crippen LogP contribution is 2.15. The van der Waals surface area contributed by atoms with Crippen molar-refractivity contribution in [2.75, 3.05) is 86.0 Å². The van der Waals surface area contributed by atoms with Crippen molar-refractivity contribution in [1.29, 1.82) is 0 Å². The van der Waals surface area contributed by atoms with E-state index in [0.29, 0.717) is 31.5 Å². The predicted octanol–water partition coefficient (Wildman–Crippen LogP) is -2.43. The van der Waals surface area contributed by atoms with E-state index in [-0.39, 0.29) is 90.4 Å². The van der Waals surface area contributed by atoms with Gasteiger partial charge in [-0.15, -0.1) is 0 Å². The first kappa shape index (κ1) is 85.3. The monoisotopic (exact) mass is 1360 g/mol. The third-order valence-corrected chi connectivity index (χ3v) is 15.0. The number of hydrogen-bond acceptors (Lipinski definition) is 21. The fraction of sp³-hybridized carbons (Fsp3) is 0.738. The molecular formula is C61H104N12O22. The molecule has 0 aromatic heterocycles. The SMILES string of the molecule is CN[C@@H](CC1=CCC=N1)C(=O)N[C@@H](CO)C(=O)N[C@@H](CCCCN(CC(=O)O)CC(=O)O)C(=O)N[C@@H](CO)C(=O)N[C@@H](CO)C(=O)N[C@@H](CCC(=O)O)C(=O)N[C@@H](CCCCNC(=O)COCCOCCNC(=O)CCCCCCCCCCCCCCCC(=O)O)C(N)=O. The van der Waals surface area contributed by atoms with Gasteiger partial charge >= 0.3 is 23.9 Å². The number of aliphatic hydroxyl groups is 3. The zero-order valence-corrected chi connectivity index (χ0v) is 54.6. The van der Waals surface area contributed by atoms with Crippen LogP contribution in [0.15, 0.2) is 16.8 Å². The summed E-state index contributed by atoms with van der Waals surface area (Å²) in [5.74, 6) is -12.9. The first-order valence-electron chi connectivity index (χ1n) is 32.6. The number of aliphatic hydroxyl groups excluding tert-OH is 3. The lowest BCUT2D eigenvalue weighted by Gasteiger charge is -2.26. The average Bonchev–Trinajstić information content (AvgIpc) is 1.49. The number of ether oxygens (including phenoxy) is 2. The molecule has 0 aliphatic carbocycles. The van der Waals surface area contributed by atoms with Crippen LogP contribution in [0.5, 0.6) is 0 Å². The second-order valence-electron chi connectivity index (χ2n) is 22.9. The van der Waals surface area contributed by atoms with Crippen LogP contribution in [0.2, 0.25) is 0 Å². The lowest BCUT2D eigenvalue weighted by molar-refractivity contribution is -0.142. The summed E-state index contributed by atoms with van der Waals surface area (Å²) in [6.07, 6.45) is 17.7. The molecule has 0 spiro atoms. The number of carbonyl (C=O) groups excluding carboxylic acids is 9. The minimum Gasteiger partial charge on any atom is -0.481 e. The molecule has 0 radical (unpaired) electrons. The molecule has 18 N–H and O–H groups in total. The smallest absolute Gasteiger partial charge is 0.317 e. The van der Waals surface area contributed by atoms with Crippen molar-refractivity contribution in [3.63, 3.8) is 0 Å². The molecule has 1 heterocycles. The van der Waals surface area contributed by atoms with Crippen LogP contribution in [0.4, 0.5) is 0 Å². The van der Waals surface area contributed by atoms with Gasteiger partial charge in [0.15, 0.2) is 0 Å². The van der Waals surface area contributed by atoms with E-state index in [1.54, 1.807) is 12.3 Å². The van der Waals surface area contributed by atoms with Gasteiger partial charge in [-0.1, -0.05) is 76.7 Å². The number of nitrogens with zero attached hydrogens (tertiary/aromatic N) is 2. The second-order valence-corrected chi connectivity index (χ2v) is 22.9. The zero-order chi connectivity index (χ0) is 70.8. The molecule has 9 amide bonds. The van der Waals surface area contributed by atoms with E-state index in [1.165, 1.54) is 39.2 Å². The van der Waals surface area contributed by atoms with Gasteiger partial charge in [0.05, 0.1) is 58.8 Å². The van der Waals surface area contributed by atoms with Crippen molar-refractivity contribution in [3.8, 4) is 0 Å². The maximum Gasteiger partial charge on any atom is 0.317 e. The number of unbranched alkanes of at least 4 members (excludes halogenated alkanes) is 14. The van der Waals surface area contributed by atoms with Crippen LogP contribution in [0.25, 0.3) is 0 Å². The number of carboxylic acids is 4. The molecule has 540 valence electrons. The molecule has 0 aromatic rings. The Balaban J connectivity index is 2.71. The van der Waals surface area contributed by atoms with E-state index in [1.807, 2.05) is 0 Å². The minimum atomic E-state index is -1.93. The molecule has 0 saturated heterocycles. The molecule has 7 atom stereocenters. The molecule has 0 aromatic carbocycles. The van der Waals surface area contributed by atoms with Gasteiger partial charge in [0.25, 0.3) is 0 Å². The number of aliphatic imine (C=N–C) groups is 1. The summed E-state index contributed by atoms with van der Waals surface area (Å²) in [6.45, 7) is -3.95. The quantitative estimate of drug-likeness (QED) is 0.0282. The van der Waals surface area contributed by atoms with E-state index in [4.69, 9.17) is 20.3 Å². The van der Waals surface area contributed by atoms with Gasteiger partial charge in [0.1, 0.15) is 42.9 Å². The largest absolute Gasteiger partial charge is 0.481 e. The van der Waals surface area contributed by atoms with Crippen molar-refractivity contribution in [2.24, 2.45) is 10.7 Å². The highest BCUT2D eigenvalue weighted by molar-refractivity contribution is 5.97. The van der Waals surface area contributed by atoms with Crippen molar-refractivity contribution in [3.05, 3.63) is 11.8 Å². The van der Waals surface area contributed by atoms with Crippen molar-refractivity contribution < 1.29 is 108 Å². The number of allylic oxidation sites excluding steroid dienone is 1. The van der Waals surface area contributed by atoms with E-state index in [2.05, 4.69) is 52.8 Å². The zero-order valence-electron chi connectivity index (χ0n) is 54.6. The second kappa shape index (κ2) is 52.5. The summed E-state index contributed by atoms with van der Waals surface area (Å²) < 4.78 is 10.8. The molecule has 1 aliphatic heterocycles. The van der Waals surface area contributed by atoms with Gasteiger partial charge in [-0.05, 0) is 71.4 Å². The fourth-order valence-corrected chi connectivity index (χ4v) is 9.66. The van der Waals surface area contributed by atoms with Crippen molar-refractivity contribution >= 4 is 83.3 Å². The molecule has 95 heavy (non-hydrogen) atoms. The standard InChI is InChI=1S/C61H104N12O22/c1-63-45(34-41-20-19-28-64-41)58(90)71-46(37-74)59(91)68-43(22-16-18-30-73(35-53(83)84)36-54(85)86)56(88)70-48(39-76)61(93)72-47(38-75)60(92)69-44(25-26-52(81)82)57(89)67-42(55(62)87)21-15-17-27-65-50(78)40-95-33-32-94-31-29-66-49(77)23-13-11-9-7-5-3-2-4-6-8-10-12-14-24-51(79)80/h20,28,42-48,63,74-76H,2-19,21-27,29-40H2,1H3,(H2,62,87)(H,65,78)(H,66,77)(H,67,89)(H,68,91)(H,69,92)(H,70,88)(H,71,90)(H,72,93)(H,79,80)(H,81,82)(H,83,84)(H,85,86)/t42-,43-,44-,45-,46-,47-,48-/m0/s1. The van der Waals surface area contributed by atoms with Gasteiger partial charge in [0, 0.05) is 57.1 Å². The molecule has 0 unspecified atom stereocenters. The van der Waals surface area contributed by atoms with Gasteiger partial charge < -0.3 is 98.8 Å². The van der Waals surface area contributed by atoms with Gasteiger partial charge in [-0.25, -0.2) is 0 Å². The Morgan fingerprint density at radius 3 is 1.35 bits per heavy atom. The first-order chi connectivity index (χ1) is 45.4. The summed E-state index contributed by atoms with van der Waals surface area (Å²) in [6, 6.07) is -11.1. The Morgan fingerprint density at radius 2 is 0.884 bits per heavy atom. The molecule has 0 bridgehead atoms. The van der Waals surface area contributed by atoms with Gasteiger partial charge in [0.2, 0.25) is 53.2 Å². The van der Waals surface area contributed by atoms with Crippen LogP contribution in [0.1, 0.15) is 161 Å². The number of rotatable bonds is 60. The first-order valence-corrected chi connectivity index (χ1v) is 32.6. The molecule has 0 saturated carbocycles. The summed E-state index contributed by atoms with van der Waals surface area (Å²) >= 11 is 0. The molecule has 34 heteroatoms. The average molecular weight is 1360 g/mol. The van der Waals surface area contributed by atoms with Crippen LogP contribution >= 0.6 is 0 Å².